The quantitative estimate of drug-likeness (QED) is 0.794. The van der Waals surface area contributed by atoms with E-state index in [9.17, 15) is 4.79 Å². The third kappa shape index (κ3) is 2.89. The number of carbonyl (C=O) groups is 1. The smallest absolute Gasteiger partial charge is 0.316 e. The number of benzene rings is 1. The summed E-state index contributed by atoms with van der Waals surface area (Å²) in [7, 11) is 0. The molecule has 3 rings (SSSR count). The first-order valence-corrected chi connectivity index (χ1v) is 6.68. The van der Waals surface area contributed by atoms with E-state index in [0.29, 0.717) is 5.13 Å². The third-order valence-electron chi connectivity index (χ3n) is 2.41. The average molecular weight is 286 g/mol. The van der Waals surface area contributed by atoms with Crippen LogP contribution in [0.5, 0.6) is 6.01 Å². The van der Waals surface area contributed by atoms with Crippen LogP contribution in [0.15, 0.2) is 42.7 Å². The van der Waals surface area contributed by atoms with Crippen LogP contribution in [-0.4, -0.2) is 27.5 Å². The number of rotatable bonds is 4. The van der Waals surface area contributed by atoms with Crippen LogP contribution in [0.2, 0.25) is 0 Å². The van der Waals surface area contributed by atoms with Crippen molar-refractivity contribution in [2.24, 2.45) is 0 Å². The summed E-state index contributed by atoms with van der Waals surface area (Å²) in [6, 6.07) is 9.54. The van der Waals surface area contributed by atoms with Crippen molar-refractivity contribution in [1.29, 1.82) is 0 Å². The topological polar surface area (TPSA) is 77.0 Å². The number of nitrogens with zero attached hydrogens (tertiary/aromatic N) is 3. The van der Waals surface area contributed by atoms with Crippen LogP contribution in [0.25, 0.3) is 10.2 Å². The van der Waals surface area contributed by atoms with Gasteiger partial charge in [0.05, 0.1) is 10.2 Å². The fourth-order valence-electron chi connectivity index (χ4n) is 1.57. The van der Waals surface area contributed by atoms with E-state index in [4.69, 9.17) is 4.74 Å². The van der Waals surface area contributed by atoms with Crippen molar-refractivity contribution in [3.8, 4) is 6.01 Å². The number of thiazole rings is 1. The highest BCUT2D eigenvalue weighted by atomic mass is 32.1. The lowest BCUT2D eigenvalue weighted by molar-refractivity contribution is -0.118. The van der Waals surface area contributed by atoms with Gasteiger partial charge in [-0.15, -0.1) is 0 Å². The molecule has 0 fully saturated rings. The minimum Gasteiger partial charge on any atom is -0.453 e. The largest absolute Gasteiger partial charge is 0.453 e. The Morgan fingerprint density at radius 3 is 2.80 bits per heavy atom. The van der Waals surface area contributed by atoms with E-state index in [-0.39, 0.29) is 18.5 Å². The van der Waals surface area contributed by atoms with Gasteiger partial charge >= 0.3 is 6.01 Å². The normalized spacial score (nSPS) is 10.4. The number of aromatic nitrogens is 3. The van der Waals surface area contributed by atoms with Gasteiger partial charge in [-0.1, -0.05) is 23.5 Å². The second kappa shape index (κ2) is 5.62. The lowest BCUT2D eigenvalue weighted by atomic mass is 10.3. The number of para-hydroxylation sites is 1. The molecule has 6 nitrogen and oxygen atoms in total. The van der Waals surface area contributed by atoms with E-state index in [1.807, 2.05) is 24.3 Å². The van der Waals surface area contributed by atoms with Gasteiger partial charge in [-0.3, -0.25) is 10.1 Å². The predicted octanol–water partition coefficient (Wildman–Crippen LogP) is 2.10. The Balaban J connectivity index is 1.61. The Morgan fingerprint density at radius 1 is 1.20 bits per heavy atom. The van der Waals surface area contributed by atoms with Gasteiger partial charge in [0.25, 0.3) is 5.91 Å². The summed E-state index contributed by atoms with van der Waals surface area (Å²) in [5, 5.41) is 3.24. The minimum absolute atomic E-state index is 0.153. The summed E-state index contributed by atoms with van der Waals surface area (Å²) < 4.78 is 6.18. The van der Waals surface area contributed by atoms with Crippen LogP contribution < -0.4 is 10.1 Å². The Bertz CT molecular complexity index is 696. The SMILES string of the molecule is O=C(COc1ncccn1)Nc1nc2ccccc2s1. The predicted molar refractivity (Wildman–Crippen MR) is 75.8 cm³/mol. The van der Waals surface area contributed by atoms with Gasteiger partial charge < -0.3 is 4.74 Å². The van der Waals surface area contributed by atoms with E-state index in [2.05, 4.69) is 20.3 Å². The Morgan fingerprint density at radius 2 is 2.00 bits per heavy atom. The van der Waals surface area contributed by atoms with Gasteiger partial charge in [0.1, 0.15) is 0 Å². The summed E-state index contributed by atoms with van der Waals surface area (Å²) >= 11 is 1.42. The molecule has 1 amide bonds. The molecule has 0 aliphatic heterocycles. The molecule has 100 valence electrons. The molecule has 0 saturated carbocycles. The maximum Gasteiger partial charge on any atom is 0.316 e. The summed E-state index contributed by atoms with van der Waals surface area (Å²) in [6.45, 7) is -0.153. The Labute approximate surface area is 118 Å². The molecular formula is C13H10N4O2S. The zero-order valence-corrected chi connectivity index (χ0v) is 11.1. The number of nitrogens with one attached hydrogen (secondary N) is 1. The first-order valence-electron chi connectivity index (χ1n) is 5.86. The summed E-state index contributed by atoms with van der Waals surface area (Å²) in [6.07, 6.45) is 3.10. The van der Waals surface area contributed by atoms with Gasteiger partial charge in [-0.05, 0) is 18.2 Å². The lowest BCUT2D eigenvalue weighted by Gasteiger charge is -2.02. The van der Waals surface area contributed by atoms with Gasteiger partial charge in [0, 0.05) is 12.4 Å². The molecule has 0 radical (unpaired) electrons. The molecule has 1 aromatic carbocycles. The molecule has 2 heterocycles. The average Bonchev–Trinajstić information content (AvgIpc) is 2.88. The van der Waals surface area contributed by atoms with Gasteiger partial charge in [0.2, 0.25) is 0 Å². The maximum absolute atomic E-state index is 11.7. The standard InChI is InChI=1S/C13H10N4O2S/c18-11(8-19-12-14-6-3-7-15-12)17-13-16-9-4-1-2-5-10(9)20-13/h1-7H,8H2,(H,16,17,18). The van der Waals surface area contributed by atoms with Crippen molar-refractivity contribution in [2.45, 2.75) is 0 Å². The lowest BCUT2D eigenvalue weighted by Crippen LogP contribution is -2.20. The molecule has 3 aromatic rings. The Hall–Kier alpha value is -2.54. The molecule has 2 aromatic heterocycles. The highest BCUT2D eigenvalue weighted by Gasteiger charge is 2.08. The zero-order valence-electron chi connectivity index (χ0n) is 10.3. The molecule has 7 heteroatoms. The zero-order chi connectivity index (χ0) is 13.8. The van der Waals surface area contributed by atoms with Crippen molar-refractivity contribution in [3.63, 3.8) is 0 Å². The van der Waals surface area contributed by atoms with E-state index in [1.165, 1.54) is 11.3 Å². The van der Waals surface area contributed by atoms with Crippen LogP contribution in [0.1, 0.15) is 0 Å². The maximum atomic E-state index is 11.7. The van der Waals surface area contributed by atoms with Crippen molar-refractivity contribution >= 4 is 32.6 Å². The molecule has 0 aliphatic carbocycles. The van der Waals surface area contributed by atoms with E-state index >= 15 is 0 Å². The highest BCUT2D eigenvalue weighted by Crippen LogP contribution is 2.25. The van der Waals surface area contributed by atoms with E-state index in [1.54, 1.807) is 18.5 Å². The van der Waals surface area contributed by atoms with Crippen molar-refractivity contribution in [2.75, 3.05) is 11.9 Å². The second-order valence-electron chi connectivity index (χ2n) is 3.85. The van der Waals surface area contributed by atoms with Gasteiger partial charge in [-0.2, -0.15) is 0 Å². The molecule has 0 aliphatic rings. The first kappa shape index (κ1) is 12.5. The molecule has 1 N–H and O–H groups in total. The van der Waals surface area contributed by atoms with Crippen LogP contribution in [0.4, 0.5) is 5.13 Å². The molecule has 20 heavy (non-hydrogen) atoms. The van der Waals surface area contributed by atoms with Gasteiger partial charge in [0.15, 0.2) is 11.7 Å². The van der Waals surface area contributed by atoms with Crippen molar-refractivity contribution in [1.82, 2.24) is 15.0 Å². The number of fused-ring (bicyclic) bond motifs is 1. The molecule has 0 unspecified atom stereocenters. The van der Waals surface area contributed by atoms with E-state index in [0.717, 1.165) is 10.2 Å². The Kier molecular flexibility index (Phi) is 3.51. The van der Waals surface area contributed by atoms with Crippen molar-refractivity contribution in [3.05, 3.63) is 42.7 Å². The summed E-state index contributed by atoms with van der Waals surface area (Å²) in [5.74, 6) is -0.295. The summed E-state index contributed by atoms with van der Waals surface area (Å²) in [4.78, 5) is 23.8. The summed E-state index contributed by atoms with van der Waals surface area (Å²) in [5.41, 5.74) is 0.861. The van der Waals surface area contributed by atoms with Gasteiger partial charge in [-0.25, -0.2) is 15.0 Å². The highest BCUT2D eigenvalue weighted by molar-refractivity contribution is 7.22. The molecule has 0 spiro atoms. The third-order valence-corrected chi connectivity index (χ3v) is 3.37. The number of hydrogen-bond acceptors (Lipinski definition) is 6. The number of anilines is 1. The number of ether oxygens (including phenoxy) is 1. The molecular weight excluding hydrogens is 276 g/mol. The number of hydrogen-bond donors (Lipinski definition) is 1. The molecule has 0 saturated heterocycles. The minimum atomic E-state index is -0.295. The fourth-order valence-corrected chi connectivity index (χ4v) is 2.45. The van der Waals surface area contributed by atoms with Crippen LogP contribution >= 0.6 is 11.3 Å². The van der Waals surface area contributed by atoms with Crippen LogP contribution in [0, 0.1) is 0 Å². The van der Waals surface area contributed by atoms with E-state index < -0.39 is 0 Å². The number of amides is 1. The molecule has 0 atom stereocenters. The second-order valence-corrected chi connectivity index (χ2v) is 4.89. The van der Waals surface area contributed by atoms with Crippen molar-refractivity contribution < 1.29 is 9.53 Å². The van der Waals surface area contributed by atoms with Crippen LogP contribution in [0.3, 0.4) is 0 Å². The monoisotopic (exact) mass is 286 g/mol. The fraction of sp³-hybridized carbons (Fsp3) is 0.0769. The first-order chi connectivity index (χ1) is 9.81. The number of carbonyl (C=O) groups excluding carboxylic acids is 1. The molecule has 0 bridgehead atoms. The van der Waals surface area contributed by atoms with Crippen LogP contribution in [-0.2, 0) is 4.79 Å².